The normalized spacial score (nSPS) is 10.6. The Morgan fingerprint density at radius 1 is 1.15 bits per heavy atom. The van der Waals surface area contributed by atoms with Crippen LogP contribution in [0.3, 0.4) is 0 Å². The minimum atomic E-state index is -0.281. The molecule has 0 fully saturated rings. The number of aromatic amines is 1. The lowest BCUT2D eigenvalue weighted by Crippen LogP contribution is -2.16. The maximum atomic E-state index is 12.1. The third kappa shape index (κ3) is 3.35. The average Bonchev–Trinajstić information content (AvgIpc) is 2.38. The van der Waals surface area contributed by atoms with E-state index in [2.05, 4.69) is 24.1 Å². The predicted molar refractivity (Wildman–Crippen MR) is 80.3 cm³/mol. The van der Waals surface area contributed by atoms with Gasteiger partial charge in [-0.15, -0.1) is 0 Å². The van der Waals surface area contributed by atoms with Gasteiger partial charge in [-0.2, -0.15) is 0 Å². The smallest absolute Gasteiger partial charge is 0.255 e. The molecule has 0 aliphatic heterocycles. The van der Waals surface area contributed by atoms with E-state index in [1.165, 1.54) is 11.6 Å². The molecule has 0 aliphatic rings. The van der Waals surface area contributed by atoms with Gasteiger partial charge in [0.15, 0.2) is 0 Å². The summed E-state index contributed by atoms with van der Waals surface area (Å²) in [6.45, 7) is 5.98. The lowest BCUT2D eigenvalue weighted by molar-refractivity contribution is 0.102. The van der Waals surface area contributed by atoms with Crippen molar-refractivity contribution in [2.45, 2.75) is 26.7 Å². The van der Waals surface area contributed by atoms with Gasteiger partial charge in [0.2, 0.25) is 5.56 Å². The molecule has 0 bridgehead atoms. The van der Waals surface area contributed by atoms with E-state index in [4.69, 9.17) is 0 Å². The first-order chi connectivity index (χ1) is 9.45. The van der Waals surface area contributed by atoms with Crippen molar-refractivity contribution >= 4 is 11.6 Å². The molecule has 104 valence electrons. The molecule has 4 nitrogen and oxygen atoms in total. The van der Waals surface area contributed by atoms with Crippen molar-refractivity contribution in [2.75, 3.05) is 5.32 Å². The Hall–Kier alpha value is -2.36. The van der Waals surface area contributed by atoms with E-state index >= 15 is 0 Å². The van der Waals surface area contributed by atoms with E-state index in [0.29, 0.717) is 17.2 Å². The number of aromatic nitrogens is 1. The Kier molecular flexibility index (Phi) is 4.03. The summed E-state index contributed by atoms with van der Waals surface area (Å²) in [5, 5.41) is 2.79. The summed E-state index contributed by atoms with van der Waals surface area (Å²) >= 11 is 0. The number of rotatable bonds is 3. The molecule has 0 radical (unpaired) electrons. The molecule has 0 saturated heterocycles. The highest BCUT2D eigenvalue weighted by molar-refractivity contribution is 6.04. The second-order valence-electron chi connectivity index (χ2n) is 5.15. The molecule has 2 N–H and O–H groups in total. The number of anilines is 1. The van der Waals surface area contributed by atoms with E-state index in [9.17, 15) is 9.59 Å². The summed E-state index contributed by atoms with van der Waals surface area (Å²) in [4.78, 5) is 26.0. The lowest BCUT2D eigenvalue weighted by Gasteiger charge is -2.08. The zero-order valence-corrected chi connectivity index (χ0v) is 11.9. The third-order valence-corrected chi connectivity index (χ3v) is 3.08. The number of aryl methyl sites for hydroxylation is 1. The summed E-state index contributed by atoms with van der Waals surface area (Å²) in [5.74, 6) is 0.173. The molecule has 0 atom stereocenters. The number of amides is 1. The first kappa shape index (κ1) is 14.1. The number of H-pyrrole nitrogens is 1. The fourth-order valence-electron chi connectivity index (χ4n) is 1.97. The molecule has 0 aliphatic carbocycles. The number of nitrogens with one attached hydrogen (secondary N) is 2. The van der Waals surface area contributed by atoms with Gasteiger partial charge in [-0.3, -0.25) is 9.59 Å². The van der Waals surface area contributed by atoms with Crippen LogP contribution in [0.25, 0.3) is 0 Å². The van der Waals surface area contributed by atoms with Gasteiger partial charge in [0.25, 0.3) is 5.91 Å². The van der Waals surface area contributed by atoms with Crippen molar-refractivity contribution in [2.24, 2.45) is 0 Å². The molecule has 1 aromatic carbocycles. The molecule has 0 unspecified atom stereocenters. The number of carbonyl (C=O) groups is 1. The number of carbonyl (C=O) groups excluding carboxylic acids is 1. The number of hydrogen-bond acceptors (Lipinski definition) is 2. The minimum absolute atomic E-state index is 0.273. The monoisotopic (exact) mass is 270 g/mol. The van der Waals surface area contributed by atoms with E-state index in [1.807, 2.05) is 24.3 Å². The molecule has 1 aromatic heterocycles. The number of hydrogen-bond donors (Lipinski definition) is 2. The van der Waals surface area contributed by atoms with Crippen LogP contribution < -0.4 is 10.9 Å². The number of pyridine rings is 1. The van der Waals surface area contributed by atoms with E-state index in [0.717, 1.165) is 5.69 Å². The van der Waals surface area contributed by atoms with Crippen LogP contribution in [0.15, 0.2) is 41.2 Å². The molecule has 2 rings (SSSR count). The minimum Gasteiger partial charge on any atom is -0.326 e. The first-order valence-corrected chi connectivity index (χ1v) is 6.58. The summed E-state index contributed by atoms with van der Waals surface area (Å²) in [6, 6.07) is 10.7. The Morgan fingerprint density at radius 2 is 1.80 bits per heavy atom. The highest BCUT2D eigenvalue weighted by atomic mass is 16.2. The maximum absolute atomic E-state index is 12.1. The zero-order chi connectivity index (χ0) is 14.7. The summed E-state index contributed by atoms with van der Waals surface area (Å²) < 4.78 is 0. The highest BCUT2D eigenvalue weighted by Gasteiger charge is 2.08. The van der Waals surface area contributed by atoms with Gasteiger partial charge in [-0.05, 0) is 36.6 Å². The summed E-state index contributed by atoms with van der Waals surface area (Å²) in [5.41, 5.74) is 2.69. The molecule has 4 heteroatoms. The van der Waals surface area contributed by atoms with Crippen LogP contribution >= 0.6 is 0 Å². The highest BCUT2D eigenvalue weighted by Crippen LogP contribution is 2.17. The Bertz CT molecular complexity index is 670. The average molecular weight is 270 g/mol. The van der Waals surface area contributed by atoms with Crippen LogP contribution in [0, 0.1) is 6.92 Å². The van der Waals surface area contributed by atoms with Gasteiger partial charge in [-0.1, -0.05) is 26.0 Å². The SMILES string of the molecule is Cc1cc(C(=O)Nc2ccc(C(C)C)cc2)cc(=O)[nH]1. The van der Waals surface area contributed by atoms with Crippen molar-refractivity contribution in [3.8, 4) is 0 Å². The van der Waals surface area contributed by atoms with Gasteiger partial charge >= 0.3 is 0 Å². The van der Waals surface area contributed by atoms with Gasteiger partial charge in [0, 0.05) is 23.0 Å². The van der Waals surface area contributed by atoms with E-state index in [-0.39, 0.29) is 11.5 Å². The van der Waals surface area contributed by atoms with Gasteiger partial charge < -0.3 is 10.3 Å². The quantitative estimate of drug-likeness (QED) is 0.900. The van der Waals surface area contributed by atoms with E-state index < -0.39 is 0 Å². The van der Waals surface area contributed by atoms with Crippen LogP contribution in [-0.4, -0.2) is 10.9 Å². The van der Waals surface area contributed by atoms with Gasteiger partial charge in [-0.25, -0.2) is 0 Å². The van der Waals surface area contributed by atoms with Gasteiger partial charge in [0.1, 0.15) is 0 Å². The largest absolute Gasteiger partial charge is 0.326 e. The molecular formula is C16H18N2O2. The number of benzene rings is 1. The molecule has 2 aromatic rings. The zero-order valence-electron chi connectivity index (χ0n) is 11.9. The molecule has 0 spiro atoms. The van der Waals surface area contributed by atoms with Crippen molar-refractivity contribution in [3.63, 3.8) is 0 Å². The van der Waals surface area contributed by atoms with Crippen molar-refractivity contribution in [1.29, 1.82) is 0 Å². The molecular weight excluding hydrogens is 252 g/mol. The van der Waals surface area contributed by atoms with E-state index in [1.54, 1.807) is 13.0 Å². The standard InChI is InChI=1S/C16H18N2O2/c1-10(2)12-4-6-14(7-5-12)18-16(20)13-8-11(3)17-15(19)9-13/h4-10H,1-3H3,(H,17,19)(H,18,20). The first-order valence-electron chi connectivity index (χ1n) is 6.58. The van der Waals surface area contributed by atoms with Crippen molar-refractivity contribution < 1.29 is 4.79 Å². The van der Waals surface area contributed by atoms with Crippen LogP contribution in [0.1, 0.15) is 41.4 Å². The third-order valence-electron chi connectivity index (χ3n) is 3.08. The van der Waals surface area contributed by atoms with Crippen molar-refractivity contribution in [3.05, 3.63) is 63.6 Å². The summed E-state index contributed by atoms with van der Waals surface area (Å²) in [7, 11) is 0. The van der Waals surface area contributed by atoms with Gasteiger partial charge in [0.05, 0.1) is 0 Å². The molecule has 1 heterocycles. The van der Waals surface area contributed by atoms with Crippen LogP contribution in [0.4, 0.5) is 5.69 Å². The lowest BCUT2D eigenvalue weighted by atomic mass is 10.0. The molecule has 20 heavy (non-hydrogen) atoms. The van der Waals surface area contributed by atoms with Crippen LogP contribution in [0.2, 0.25) is 0 Å². The van der Waals surface area contributed by atoms with Crippen LogP contribution in [-0.2, 0) is 0 Å². The van der Waals surface area contributed by atoms with Crippen LogP contribution in [0.5, 0.6) is 0 Å². The Balaban J connectivity index is 2.17. The molecule has 1 amide bonds. The fourth-order valence-corrected chi connectivity index (χ4v) is 1.97. The Morgan fingerprint density at radius 3 is 2.35 bits per heavy atom. The second kappa shape index (κ2) is 5.74. The second-order valence-corrected chi connectivity index (χ2v) is 5.15. The maximum Gasteiger partial charge on any atom is 0.255 e. The topological polar surface area (TPSA) is 62.0 Å². The van der Waals surface area contributed by atoms with Crippen molar-refractivity contribution in [1.82, 2.24) is 4.98 Å². The Labute approximate surface area is 117 Å². The fraction of sp³-hybridized carbons (Fsp3) is 0.250. The molecule has 0 saturated carbocycles. The predicted octanol–water partition coefficient (Wildman–Crippen LogP) is 3.06. The summed E-state index contributed by atoms with van der Waals surface area (Å²) in [6.07, 6.45) is 0.